The number of ether oxygens (including phenoxy) is 4. The Labute approximate surface area is 363 Å². The van der Waals surface area contributed by atoms with Gasteiger partial charge in [0.25, 0.3) is 17.7 Å². The van der Waals surface area contributed by atoms with Crippen LogP contribution in [0.15, 0.2) is 47.6 Å². The average Bonchev–Trinajstić information content (AvgIpc) is 3.59. The summed E-state index contributed by atoms with van der Waals surface area (Å²) in [6.45, 7) is 3.92. The molecule has 0 aromatic heterocycles. The highest BCUT2D eigenvalue weighted by atomic mass is 35.5. The van der Waals surface area contributed by atoms with Gasteiger partial charge in [-0.3, -0.25) is 28.9 Å². The molecule has 332 valence electrons. The van der Waals surface area contributed by atoms with E-state index in [1.54, 1.807) is 6.92 Å². The van der Waals surface area contributed by atoms with Crippen LogP contribution in [0.2, 0.25) is 5.02 Å². The Balaban J connectivity index is 1.17. The second-order valence-corrected chi connectivity index (χ2v) is 16.3. The fourth-order valence-electron chi connectivity index (χ4n) is 9.05. The van der Waals surface area contributed by atoms with E-state index in [4.69, 9.17) is 30.5 Å². The van der Waals surface area contributed by atoms with Gasteiger partial charge in [-0.05, 0) is 32.0 Å². The number of benzene rings is 3. The lowest BCUT2D eigenvalue weighted by molar-refractivity contribution is -0.260. The summed E-state index contributed by atoms with van der Waals surface area (Å²) in [6.07, 6.45) is -3.77. The Kier molecular flexibility index (Phi) is 11.7. The zero-order chi connectivity index (χ0) is 45.2. The van der Waals surface area contributed by atoms with Crippen LogP contribution in [0.5, 0.6) is 17.2 Å². The number of hydrazone groups is 1. The van der Waals surface area contributed by atoms with Crippen LogP contribution in [0.4, 0.5) is 10.1 Å². The zero-order valence-electron chi connectivity index (χ0n) is 34.0. The molecule has 3 amide bonds. The third kappa shape index (κ3) is 7.47. The van der Waals surface area contributed by atoms with E-state index < -0.39 is 135 Å². The lowest BCUT2D eigenvalue weighted by Crippen LogP contribution is -2.59. The molecule has 7 atom stereocenters. The van der Waals surface area contributed by atoms with E-state index >= 15 is 4.39 Å². The highest BCUT2D eigenvalue weighted by Crippen LogP contribution is 2.53. The summed E-state index contributed by atoms with van der Waals surface area (Å²) in [6, 6.07) is 5.80. The highest BCUT2D eigenvalue weighted by molar-refractivity contribution is 6.35. The molecule has 0 radical (unpaired) electrons. The molecule has 0 bridgehead atoms. The van der Waals surface area contributed by atoms with Crippen molar-refractivity contribution in [1.29, 1.82) is 0 Å². The molecular formula is C43H42ClFN4O14. The summed E-state index contributed by atoms with van der Waals surface area (Å²) in [7, 11) is 1.30. The fourth-order valence-corrected chi connectivity index (χ4v) is 9.30. The van der Waals surface area contributed by atoms with Gasteiger partial charge in [0, 0.05) is 67.2 Å². The maximum Gasteiger partial charge on any atom is 0.272 e. The summed E-state index contributed by atoms with van der Waals surface area (Å²) in [5.41, 5.74) is -3.55. The van der Waals surface area contributed by atoms with E-state index in [2.05, 4.69) is 10.5 Å². The quantitative estimate of drug-likeness (QED) is 0.0610. The summed E-state index contributed by atoms with van der Waals surface area (Å²) in [4.78, 5) is 68.6. The van der Waals surface area contributed by atoms with Crippen molar-refractivity contribution in [1.82, 2.24) is 10.3 Å². The van der Waals surface area contributed by atoms with Gasteiger partial charge in [-0.15, -0.1) is 0 Å². The number of hydrogen-bond donors (Lipinski definition) is 6. The van der Waals surface area contributed by atoms with Crippen molar-refractivity contribution in [3.05, 3.63) is 92.3 Å². The minimum absolute atomic E-state index is 0.0434. The molecule has 2 aliphatic carbocycles. The van der Waals surface area contributed by atoms with Crippen LogP contribution in [0, 0.1) is 5.82 Å². The number of aromatic hydroxyl groups is 2. The maximum absolute atomic E-state index is 15.4. The number of methoxy groups -OCH3 is 1. The molecule has 3 aromatic carbocycles. The highest BCUT2D eigenvalue weighted by Gasteiger charge is 2.50. The second kappa shape index (κ2) is 16.8. The number of carbonyl (C=O) groups is 5. The SMILES string of the molecule is COc1cccc2c1C(=O)c1c(O)c3c(c(O)c1C2=O)C[C@@](O)(/C(CO)=N/NC(=O)c1ccc(N2C(=O)C=CC2=O)c(F)c1Cl)C[C@@H]3O[C@H]1CC(N2CCO[C@H](C)C2)[C@H](O)[C@H](C)O1. The van der Waals surface area contributed by atoms with Crippen molar-refractivity contribution in [2.24, 2.45) is 5.10 Å². The van der Waals surface area contributed by atoms with Crippen LogP contribution in [0.3, 0.4) is 0 Å². The number of morpholine rings is 1. The first-order valence-electron chi connectivity index (χ1n) is 20.0. The number of amides is 3. The number of aliphatic hydroxyl groups excluding tert-OH is 2. The monoisotopic (exact) mass is 892 g/mol. The molecule has 2 saturated heterocycles. The van der Waals surface area contributed by atoms with Crippen molar-refractivity contribution in [2.75, 3.05) is 38.3 Å². The van der Waals surface area contributed by atoms with Gasteiger partial charge in [0.2, 0.25) is 5.78 Å². The van der Waals surface area contributed by atoms with E-state index in [0.717, 1.165) is 24.3 Å². The van der Waals surface area contributed by atoms with Crippen molar-refractivity contribution in [3.8, 4) is 17.2 Å². The van der Waals surface area contributed by atoms with Gasteiger partial charge in [-0.1, -0.05) is 23.7 Å². The predicted octanol–water partition coefficient (Wildman–Crippen LogP) is 2.20. The number of imide groups is 1. The van der Waals surface area contributed by atoms with Crippen LogP contribution < -0.4 is 15.1 Å². The Hall–Kier alpha value is -5.64. The van der Waals surface area contributed by atoms with Gasteiger partial charge in [0.15, 0.2) is 17.9 Å². The molecular weight excluding hydrogens is 851 g/mol. The summed E-state index contributed by atoms with van der Waals surface area (Å²) >= 11 is 6.19. The molecule has 20 heteroatoms. The van der Waals surface area contributed by atoms with Gasteiger partial charge in [-0.25, -0.2) is 14.7 Å². The van der Waals surface area contributed by atoms with Crippen LogP contribution in [-0.4, -0.2) is 135 Å². The smallest absolute Gasteiger partial charge is 0.272 e. The Morgan fingerprint density at radius 1 is 1.05 bits per heavy atom. The molecule has 3 aliphatic heterocycles. The maximum atomic E-state index is 15.4. The molecule has 18 nitrogen and oxygen atoms in total. The number of ketones is 2. The normalized spacial score (nSPS) is 27.3. The molecule has 0 saturated carbocycles. The van der Waals surface area contributed by atoms with E-state index in [-0.39, 0.29) is 40.5 Å². The number of phenols is 2. The number of halogens is 2. The molecule has 0 spiro atoms. The summed E-state index contributed by atoms with van der Waals surface area (Å²) in [5.74, 6) is -7.21. The fraction of sp³-hybridized carbons (Fsp3) is 0.395. The number of anilines is 1. The molecule has 3 aromatic rings. The molecule has 63 heavy (non-hydrogen) atoms. The minimum atomic E-state index is -2.35. The van der Waals surface area contributed by atoms with Crippen LogP contribution in [0.1, 0.15) is 86.1 Å². The third-order valence-electron chi connectivity index (χ3n) is 12.1. The van der Waals surface area contributed by atoms with E-state index in [1.807, 2.05) is 11.8 Å². The molecule has 5 aliphatic rings. The summed E-state index contributed by atoms with van der Waals surface area (Å²) in [5, 5.41) is 61.6. The van der Waals surface area contributed by atoms with Gasteiger partial charge < -0.3 is 44.5 Å². The van der Waals surface area contributed by atoms with Crippen molar-refractivity contribution >= 4 is 52.3 Å². The molecule has 6 N–H and O–H groups in total. The number of nitrogens with one attached hydrogen (secondary N) is 1. The van der Waals surface area contributed by atoms with Crippen molar-refractivity contribution in [2.45, 2.75) is 75.5 Å². The third-order valence-corrected chi connectivity index (χ3v) is 12.5. The molecule has 3 heterocycles. The number of carbonyl (C=O) groups excluding carboxylic acids is 5. The van der Waals surface area contributed by atoms with Crippen LogP contribution in [0.25, 0.3) is 0 Å². The van der Waals surface area contributed by atoms with Crippen molar-refractivity contribution in [3.63, 3.8) is 0 Å². The first kappa shape index (κ1) is 44.0. The number of nitrogens with zero attached hydrogens (tertiary/aromatic N) is 3. The molecule has 8 rings (SSSR count). The number of hydrogen-bond acceptors (Lipinski definition) is 16. The standard InChI is InChI=1S/C43H42ClFN4O14/c1-18-16-48(11-12-61-18)24-13-30(62-19(2)37(24)53)63-26-15-43(59,27(17-50)46-47-42(58)21-7-8-23(36(45)35(21)44)49-28(51)9-10-29(49)52)14-22-32(26)41(57)34-33(39(22)55)38(54)20-5-4-6-25(60-3)31(20)40(34)56/h4-10,18-19,24,26,30,37,50,53,55,57,59H,11-17H2,1-3H3,(H,47,58)/b46-27+/t18-,19+,24?,26+,30+,37-,43+/m1/s1. The Morgan fingerprint density at radius 3 is 2.44 bits per heavy atom. The second-order valence-electron chi connectivity index (χ2n) is 15.9. The number of fused-ring (bicyclic) bond motifs is 3. The first-order valence-corrected chi connectivity index (χ1v) is 20.3. The Morgan fingerprint density at radius 2 is 1.76 bits per heavy atom. The van der Waals surface area contributed by atoms with E-state index in [0.29, 0.717) is 24.6 Å². The lowest BCUT2D eigenvalue weighted by atomic mass is 9.71. The first-order chi connectivity index (χ1) is 30.0. The average molecular weight is 893 g/mol. The molecule has 2 fully saturated rings. The van der Waals surface area contributed by atoms with E-state index in [1.165, 1.54) is 25.3 Å². The molecule has 1 unspecified atom stereocenters. The predicted molar refractivity (Wildman–Crippen MR) is 217 cm³/mol. The number of aliphatic hydroxyl groups is 3. The number of phenolic OH excluding ortho intramolecular Hbond substituents is 2. The lowest BCUT2D eigenvalue weighted by Gasteiger charge is -2.47. The van der Waals surface area contributed by atoms with Crippen LogP contribution in [-0.2, 0) is 30.2 Å². The largest absolute Gasteiger partial charge is 0.507 e. The van der Waals surface area contributed by atoms with Gasteiger partial charge >= 0.3 is 0 Å². The van der Waals surface area contributed by atoms with Crippen molar-refractivity contribution < 1.29 is 72.8 Å². The van der Waals surface area contributed by atoms with E-state index in [9.17, 15) is 49.5 Å². The van der Waals surface area contributed by atoms with Gasteiger partial charge in [0.05, 0.1) is 83.4 Å². The summed E-state index contributed by atoms with van der Waals surface area (Å²) < 4.78 is 39.1. The number of rotatable bonds is 9. The topological polar surface area (TPSA) is 254 Å². The minimum Gasteiger partial charge on any atom is -0.507 e. The van der Waals surface area contributed by atoms with Gasteiger partial charge in [-0.2, -0.15) is 5.10 Å². The van der Waals surface area contributed by atoms with Gasteiger partial charge in [0.1, 0.15) is 22.8 Å². The zero-order valence-corrected chi connectivity index (χ0v) is 34.7. The van der Waals surface area contributed by atoms with Crippen LogP contribution >= 0.6 is 11.6 Å². The Bertz CT molecular complexity index is 2510.